The second-order valence-electron chi connectivity index (χ2n) is 6.54. The predicted octanol–water partition coefficient (Wildman–Crippen LogP) is 2.30. The van der Waals surface area contributed by atoms with Crippen molar-refractivity contribution in [3.8, 4) is 0 Å². The van der Waals surface area contributed by atoms with Crippen molar-refractivity contribution in [3.63, 3.8) is 0 Å². The molecule has 1 rings (SSSR count). The zero-order valence-electron chi connectivity index (χ0n) is 14.1. The molecule has 0 aromatic heterocycles. The second kappa shape index (κ2) is 7.68. The van der Waals surface area contributed by atoms with Gasteiger partial charge in [0.25, 0.3) is 0 Å². The number of ether oxygens (including phenoxy) is 3. The maximum absolute atomic E-state index is 11.5. The van der Waals surface area contributed by atoms with Crippen molar-refractivity contribution >= 4 is 5.78 Å². The first-order valence-corrected chi connectivity index (χ1v) is 7.82. The zero-order valence-corrected chi connectivity index (χ0v) is 14.1. The molecule has 1 heterocycles. The molecule has 0 aromatic carbocycles. The Kier molecular flexibility index (Phi) is 6.78. The fourth-order valence-electron chi connectivity index (χ4n) is 2.54. The van der Waals surface area contributed by atoms with E-state index < -0.39 is 18.0 Å². The van der Waals surface area contributed by atoms with Crippen LogP contribution in [0.1, 0.15) is 54.4 Å². The molecule has 0 aliphatic carbocycles. The van der Waals surface area contributed by atoms with Gasteiger partial charge in [0.15, 0.2) is 11.6 Å². The molecule has 1 N–H and O–H groups in total. The maximum atomic E-state index is 11.5. The predicted molar refractivity (Wildman–Crippen MR) is 80.0 cm³/mol. The third-order valence-corrected chi connectivity index (χ3v) is 3.95. The lowest BCUT2D eigenvalue weighted by Gasteiger charge is -2.31. The van der Waals surface area contributed by atoms with Crippen LogP contribution in [0, 0.1) is 5.92 Å². The van der Waals surface area contributed by atoms with Gasteiger partial charge in [-0.1, -0.05) is 13.8 Å². The molecule has 0 aromatic rings. The van der Waals surface area contributed by atoms with Crippen LogP contribution in [0.2, 0.25) is 0 Å². The van der Waals surface area contributed by atoms with Gasteiger partial charge in [0.2, 0.25) is 0 Å². The summed E-state index contributed by atoms with van der Waals surface area (Å²) in [7, 11) is 0. The quantitative estimate of drug-likeness (QED) is 0.745. The number of Topliss-reactive ketones (excluding diaryl/α,β-unsaturated/α-hetero) is 1. The summed E-state index contributed by atoms with van der Waals surface area (Å²) in [6, 6.07) is 0. The van der Waals surface area contributed by atoms with E-state index in [9.17, 15) is 9.90 Å². The molecular weight excluding hydrogens is 272 g/mol. The van der Waals surface area contributed by atoms with E-state index in [1.165, 1.54) is 6.92 Å². The summed E-state index contributed by atoms with van der Waals surface area (Å²) in [4.78, 5) is 11.5. The largest absolute Gasteiger partial charge is 0.383 e. The molecule has 5 heteroatoms. The molecule has 1 unspecified atom stereocenters. The second-order valence-corrected chi connectivity index (χ2v) is 6.54. The van der Waals surface area contributed by atoms with Crippen LogP contribution >= 0.6 is 0 Å². The molecule has 1 fully saturated rings. The highest BCUT2D eigenvalue weighted by atomic mass is 16.7. The molecule has 1 aliphatic rings. The third-order valence-electron chi connectivity index (χ3n) is 3.95. The SMILES string of the molecule is CCC(C)O[C@@H]([C@H](C)C[C@@H]1COC(C)(C)O1)[C@@H](O)C(C)=O. The smallest absolute Gasteiger partial charge is 0.163 e. The van der Waals surface area contributed by atoms with Gasteiger partial charge in [-0.15, -0.1) is 0 Å². The van der Waals surface area contributed by atoms with Crippen LogP contribution in [0.3, 0.4) is 0 Å². The molecule has 5 nitrogen and oxygen atoms in total. The van der Waals surface area contributed by atoms with Crippen molar-refractivity contribution < 1.29 is 24.1 Å². The van der Waals surface area contributed by atoms with Crippen molar-refractivity contribution in [2.45, 2.75) is 84.6 Å². The number of rotatable bonds is 8. The van der Waals surface area contributed by atoms with E-state index in [0.717, 1.165) is 6.42 Å². The first-order valence-electron chi connectivity index (χ1n) is 7.82. The standard InChI is InChI=1S/C16H30O5/c1-7-11(3)20-15(14(18)12(4)17)10(2)8-13-9-19-16(5,6)21-13/h10-11,13-15,18H,7-9H2,1-6H3/t10-,11?,13-,14+,15+/m1/s1. The minimum Gasteiger partial charge on any atom is -0.383 e. The van der Waals surface area contributed by atoms with Crippen molar-refractivity contribution in [3.05, 3.63) is 0 Å². The van der Waals surface area contributed by atoms with E-state index in [0.29, 0.717) is 13.0 Å². The molecule has 0 bridgehead atoms. The van der Waals surface area contributed by atoms with Gasteiger partial charge in [-0.25, -0.2) is 0 Å². The van der Waals surface area contributed by atoms with Crippen LogP contribution in [0.15, 0.2) is 0 Å². The Balaban J connectivity index is 2.66. The molecule has 0 saturated carbocycles. The molecule has 0 spiro atoms. The van der Waals surface area contributed by atoms with Crippen molar-refractivity contribution in [2.75, 3.05) is 6.61 Å². The summed E-state index contributed by atoms with van der Waals surface area (Å²) in [6.45, 7) is 11.6. The summed E-state index contributed by atoms with van der Waals surface area (Å²) in [5.41, 5.74) is 0. The number of aliphatic hydroxyl groups is 1. The van der Waals surface area contributed by atoms with E-state index in [4.69, 9.17) is 14.2 Å². The van der Waals surface area contributed by atoms with Crippen LogP contribution < -0.4 is 0 Å². The highest BCUT2D eigenvalue weighted by Crippen LogP contribution is 2.29. The lowest BCUT2D eigenvalue weighted by molar-refractivity contribution is -0.151. The van der Waals surface area contributed by atoms with Gasteiger partial charge in [0.1, 0.15) is 6.10 Å². The van der Waals surface area contributed by atoms with Gasteiger partial charge >= 0.3 is 0 Å². The number of carbonyl (C=O) groups excluding carboxylic acids is 1. The lowest BCUT2D eigenvalue weighted by atomic mass is 9.92. The van der Waals surface area contributed by atoms with Gasteiger partial charge in [0.05, 0.1) is 24.9 Å². The Morgan fingerprint density at radius 3 is 2.48 bits per heavy atom. The van der Waals surface area contributed by atoms with Crippen LogP contribution in [-0.4, -0.2) is 47.7 Å². The van der Waals surface area contributed by atoms with E-state index in [1.54, 1.807) is 0 Å². The molecule has 124 valence electrons. The van der Waals surface area contributed by atoms with Gasteiger partial charge in [-0.2, -0.15) is 0 Å². The Labute approximate surface area is 128 Å². The fourth-order valence-corrected chi connectivity index (χ4v) is 2.54. The van der Waals surface area contributed by atoms with E-state index >= 15 is 0 Å². The average Bonchev–Trinajstić information content (AvgIpc) is 2.73. The Bertz CT molecular complexity index is 342. The highest BCUT2D eigenvalue weighted by molar-refractivity contribution is 5.80. The number of hydrogen-bond acceptors (Lipinski definition) is 5. The molecule has 1 saturated heterocycles. The Morgan fingerprint density at radius 1 is 1.43 bits per heavy atom. The molecule has 0 amide bonds. The lowest BCUT2D eigenvalue weighted by Crippen LogP contribution is -2.42. The van der Waals surface area contributed by atoms with E-state index in [1.807, 2.05) is 34.6 Å². The van der Waals surface area contributed by atoms with Crippen molar-refractivity contribution in [1.29, 1.82) is 0 Å². The van der Waals surface area contributed by atoms with Gasteiger partial charge in [-0.05, 0) is 46.5 Å². The van der Waals surface area contributed by atoms with Gasteiger partial charge < -0.3 is 19.3 Å². The van der Waals surface area contributed by atoms with Crippen LogP contribution in [0.25, 0.3) is 0 Å². The van der Waals surface area contributed by atoms with Crippen LogP contribution in [0.4, 0.5) is 0 Å². The summed E-state index contributed by atoms with van der Waals surface area (Å²) in [5.74, 6) is -0.823. The maximum Gasteiger partial charge on any atom is 0.163 e. The monoisotopic (exact) mass is 302 g/mol. The van der Waals surface area contributed by atoms with Crippen LogP contribution in [0.5, 0.6) is 0 Å². The average molecular weight is 302 g/mol. The highest BCUT2D eigenvalue weighted by Gasteiger charge is 2.37. The summed E-state index contributed by atoms with van der Waals surface area (Å²) < 4.78 is 17.2. The van der Waals surface area contributed by atoms with Crippen molar-refractivity contribution in [2.24, 2.45) is 5.92 Å². The minimum absolute atomic E-state index is 0.000370. The number of hydrogen-bond donors (Lipinski definition) is 1. The van der Waals surface area contributed by atoms with Gasteiger partial charge in [0, 0.05) is 0 Å². The first kappa shape index (κ1) is 18.6. The molecular formula is C16H30O5. The molecule has 5 atom stereocenters. The summed E-state index contributed by atoms with van der Waals surface area (Å²) in [5, 5.41) is 10.1. The third kappa shape index (κ3) is 5.66. The topological polar surface area (TPSA) is 65.0 Å². The summed E-state index contributed by atoms with van der Waals surface area (Å²) in [6.07, 6.45) is -0.103. The van der Waals surface area contributed by atoms with Gasteiger partial charge in [-0.3, -0.25) is 4.79 Å². The number of ketones is 1. The normalized spacial score (nSPS) is 27.1. The number of aliphatic hydroxyl groups excluding tert-OH is 1. The minimum atomic E-state index is -1.09. The zero-order chi connectivity index (χ0) is 16.2. The van der Waals surface area contributed by atoms with Crippen molar-refractivity contribution in [1.82, 2.24) is 0 Å². The molecule has 0 radical (unpaired) electrons. The Morgan fingerprint density at radius 2 is 2.05 bits per heavy atom. The molecule has 1 aliphatic heterocycles. The fraction of sp³-hybridized carbons (Fsp3) is 0.938. The first-order chi connectivity index (χ1) is 9.66. The Hall–Kier alpha value is -0.490. The summed E-state index contributed by atoms with van der Waals surface area (Å²) >= 11 is 0. The van der Waals surface area contributed by atoms with E-state index in [2.05, 4.69) is 0 Å². The molecule has 21 heavy (non-hydrogen) atoms. The number of carbonyl (C=O) groups is 1. The van der Waals surface area contributed by atoms with Crippen LogP contribution in [-0.2, 0) is 19.0 Å². The van der Waals surface area contributed by atoms with E-state index in [-0.39, 0.29) is 23.9 Å².